The van der Waals surface area contributed by atoms with E-state index in [1.54, 1.807) is 46.4 Å². The van der Waals surface area contributed by atoms with Crippen LogP contribution < -0.4 is 21.3 Å². The van der Waals surface area contributed by atoms with Crippen LogP contribution in [0.3, 0.4) is 0 Å². The maximum absolute atomic E-state index is 14.1. The van der Waals surface area contributed by atoms with E-state index in [1.165, 1.54) is 0 Å². The molecule has 0 aliphatic heterocycles. The Hall–Kier alpha value is -5.06. The lowest BCUT2D eigenvalue weighted by Gasteiger charge is -2.29. The molecule has 0 saturated heterocycles. The molecule has 11 nitrogen and oxygen atoms in total. The maximum atomic E-state index is 14.1. The van der Waals surface area contributed by atoms with Gasteiger partial charge < -0.3 is 35.6 Å². The molecule has 0 bridgehead atoms. The average molecular weight is 674 g/mol. The van der Waals surface area contributed by atoms with Gasteiger partial charge in [0.15, 0.2) is 0 Å². The van der Waals surface area contributed by atoms with Crippen LogP contribution in [-0.2, 0) is 20.7 Å². The molecule has 0 aromatic heterocycles. The molecule has 0 radical (unpaired) electrons. The first-order valence-electron chi connectivity index (χ1n) is 16.7. The van der Waals surface area contributed by atoms with Gasteiger partial charge in [0.05, 0.1) is 0 Å². The molecule has 4 N–H and O–H groups in total. The van der Waals surface area contributed by atoms with E-state index < -0.39 is 35.5 Å². The second-order valence-electron chi connectivity index (χ2n) is 13.7. The molecule has 1 atom stereocenters. The second kappa shape index (κ2) is 18.5. The van der Waals surface area contributed by atoms with Crippen LogP contribution in [0.25, 0.3) is 11.1 Å². The van der Waals surface area contributed by atoms with E-state index in [-0.39, 0.29) is 25.4 Å². The second-order valence-corrected chi connectivity index (χ2v) is 13.7. The van der Waals surface area contributed by atoms with Crippen LogP contribution in [0.1, 0.15) is 59.9 Å². The van der Waals surface area contributed by atoms with Crippen molar-refractivity contribution < 1.29 is 28.7 Å². The summed E-state index contributed by atoms with van der Waals surface area (Å²) in [6, 6.07) is 25.5. The molecule has 3 aromatic rings. The summed E-state index contributed by atoms with van der Waals surface area (Å²) in [7, 11) is 0. The number of carbonyl (C=O) groups is 4. The fraction of sp³-hybridized carbons (Fsp3) is 0.421. The van der Waals surface area contributed by atoms with Crippen LogP contribution in [0.5, 0.6) is 0 Å². The normalized spacial score (nSPS) is 11.9. The number of rotatable bonds is 14. The fourth-order valence-corrected chi connectivity index (χ4v) is 4.85. The van der Waals surface area contributed by atoms with Crippen molar-refractivity contribution in [2.45, 2.75) is 78.0 Å². The number of anilines is 1. The maximum Gasteiger partial charge on any atom is 0.407 e. The Morgan fingerprint density at radius 2 is 1.12 bits per heavy atom. The van der Waals surface area contributed by atoms with Crippen LogP contribution in [0, 0.1) is 0 Å². The standard InChI is InChI=1S/C38H51N5O6/c1-37(2,3)48-35(46)39-23-13-25-43(26-14-24-40-36(47)49-38(4,5)6)33(44)32(27-28-15-9-7-10-16-28)42-34(45)41-31-21-19-30(20-22-31)29-17-11-8-12-18-29/h7-12,15-22,32H,13-14,23-27H2,1-6H3,(H,39,46)(H,40,47)(H2,41,42,45). The third-order valence-corrected chi connectivity index (χ3v) is 6.99. The molecule has 0 saturated carbocycles. The summed E-state index contributed by atoms with van der Waals surface area (Å²) in [4.78, 5) is 53.4. The number of carbonyl (C=O) groups excluding carboxylic acids is 4. The van der Waals surface area contributed by atoms with Crippen LogP contribution >= 0.6 is 0 Å². The predicted octanol–water partition coefficient (Wildman–Crippen LogP) is 6.74. The van der Waals surface area contributed by atoms with Gasteiger partial charge in [0.2, 0.25) is 5.91 Å². The Morgan fingerprint density at radius 3 is 1.61 bits per heavy atom. The van der Waals surface area contributed by atoms with E-state index >= 15 is 0 Å². The van der Waals surface area contributed by atoms with E-state index in [1.807, 2.05) is 84.9 Å². The van der Waals surface area contributed by atoms with Gasteiger partial charge in [0, 0.05) is 38.3 Å². The quantitative estimate of drug-likeness (QED) is 0.140. The lowest BCUT2D eigenvalue weighted by Crippen LogP contribution is -2.51. The molecule has 0 heterocycles. The summed E-state index contributed by atoms with van der Waals surface area (Å²) in [5.41, 5.74) is 2.28. The largest absolute Gasteiger partial charge is 0.444 e. The fourth-order valence-electron chi connectivity index (χ4n) is 4.85. The SMILES string of the molecule is CC(C)(C)OC(=O)NCCCN(CCCNC(=O)OC(C)(C)C)C(=O)C(Cc1ccccc1)NC(=O)Nc1ccc(-c2ccccc2)cc1. The first kappa shape index (κ1) is 38.4. The minimum absolute atomic E-state index is 0.267. The van der Waals surface area contributed by atoms with E-state index in [0.717, 1.165) is 16.7 Å². The van der Waals surface area contributed by atoms with Crippen LogP contribution in [0.2, 0.25) is 0 Å². The van der Waals surface area contributed by atoms with E-state index in [4.69, 9.17) is 9.47 Å². The highest BCUT2D eigenvalue weighted by atomic mass is 16.6. The first-order chi connectivity index (χ1) is 23.2. The van der Waals surface area contributed by atoms with Gasteiger partial charge >= 0.3 is 18.2 Å². The van der Waals surface area contributed by atoms with Gasteiger partial charge in [0.25, 0.3) is 0 Å². The Balaban J connectivity index is 1.71. The van der Waals surface area contributed by atoms with Crippen molar-refractivity contribution in [2.24, 2.45) is 0 Å². The highest BCUT2D eigenvalue weighted by Gasteiger charge is 2.27. The molecule has 5 amide bonds. The average Bonchev–Trinajstić information content (AvgIpc) is 3.03. The van der Waals surface area contributed by atoms with Crippen molar-refractivity contribution >= 4 is 29.8 Å². The van der Waals surface area contributed by atoms with Crippen molar-refractivity contribution in [1.29, 1.82) is 0 Å². The van der Waals surface area contributed by atoms with Gasteiger partial charge in [-0.05, 0) is 83.2 Å². The Labute approximate surface area is 290 Å². The van der Waals surface area contributed by atoms with Crippen molar-refractivity contribution in [1.82, 2.24) is 20.9 Å². The zero-order valence-corrected chi connectivity index (χ0v) is 29.5. The van der Waals surface area contributed by atoms with Gasteiger partial charge in [-0.1, -0.05) is 72.8 Å². The molecule has 3 aromatic carbocycles. The summed E-state index contributed by atoms with van der Waals surface area (Å²) in [6.07, 6.45) is 0.0847. The van der Waals surface area contributed by atoms with E-state index in [2.05, 4.69) is 21.3 Å². The summed E-state index contributed by atoms with van der Waals surface area (Å²) in [5, 5.41) is 11.2. The summed E-state index contributed by atoms with van der Waals surface area (Å²) < 4.78 is 10.6. The molecular formula is C38H51N5O6. The zero-order chi connectivity index (χ0) is 35.9. The zero-order valence-electron chi connectivity index (χ0n) is 29.5. The van der Waals surface area contributed by atoms with E-state index in [9.17, 15) is 19.2 Å². The first-order valence-corrected chi connectivity index (χ1v) is 16.7. The highest BCUT2D eigenvalue weighted by molar-refractivity contribution is 5.94. The molecule has 1 unspecified atom stereocenters. The number of amides is 5. The summed E-state index contributed by atoms with van der Waals surface area (Å²) >= 11 is 0. The van der Waals surface area contributed by atoms with Crippen LogP contribution in [0.4, 0.5) is 20.1 Å². The molecule has 0 aliphatic carbocycles. The number of hydrogen-bond acceptors (Lipinski definition) is 6. The van der Waals surface area contributed by atoms with Gasteiger partial charge in [-0.3, -0.25) is 4.79 Å². The summed E-state index contributed by atoms with van der Waals surface area (Å²) in [5.74, 6) is -0.284. The van der Waals surface area contributed by atoms with E-state index in [0.29, 0.717) is 31.6 Å². The monoisotopic (exact) mass is 673 g/mol. The van der Waals surface area contributed by atoms with Crippen molar-refractivity contribution in [2.75, 3.05) is 31.5 Å². The van der Waals surface area contributed by atoms with Crippen LogP contribution in [-0.4, -0.2) is 72.4 Å². The number of benzene rings is 3. The number of nitrogens with zero attached hydrogens (tertiary/aromatic N) is 1. The minimum atomic E-state index is -0.886. The Bertz CT molecular complexity index is 1450. The Kier molecular flexibility index (Phi) is 14.5. The lowest BCUT2D eigenvalue weighted by molar-refractivity contribution is -0.133. The smallest absolute Gasteiger partial charge is 0.407 e. The third-order valence-electron chi connectivity index (χ3n) is 6.99. The molecular weight excluding hydrogens is 622 g/mol. The summed E-state index contributed by atoms with van der Waals surface area (Å²) in [6.45, 7) is 11.9. The molecule has 49 heavy (non-hydrogen) atoms. The van der Waals surface area contributed by atoms with Gasteiger partial charge in [-0.15, -0.1) is 0 Å². The number of hydrogen-bond donors (Lipinski definition) is 4. The van der Waals surface area contributed by atoms with Crippen LogP contribution in [0.15, 0.2) is 84.9 Å². The Morgan fingerprint density at radius 1 is 0.653 bits per heavy atom. The molecule has 0 aliphatic rings. The number of urea groups is 1. The van der Waals surface area contributed by atoms with Gasteiger partial charge in [0.1, 0.15) is 17.2 Å². The molecule has 0 fully saturated rings. The van der Waals surface area contributed by atoms with Crippen molar-refractivity contribution in [3.8, 4) is 11.1 Å². The van der Waals surface area contributed by atoms with Gasteiger partial charge in [-0.2, -0.15) is 0 Å². The van der Waals surface area contributed by atoms with Crippen molar-refractivity contribution in [3.63, 3.8) is 0 Å². The molecule has 3 rings (SSSR count). The molecule has 264 valence electrons. The van der Waals surface area contributed by atoms with Gasteiger partial charge in [-0.25, -0.2) is 14.4 Å². The molecule has 0 spiro atoms. The predicted molar refractivity (Wildman–Crippen MR) is 192 cm³/mol. The number of nitrogens with one attached hydrogen (secondary N) is 4. The minimum Gasteiger partial charge on any atom is -0.444 e. The topological polar surface area (TPSA) is 138 Å². The molecule has 11 heteroatoms. The number of ether oxygens (including phenoxy) is 2. The highest BCUT2D eigenvalue weighted by Crippen LogP contribution is 2.21. The lowest BCUT2D eigenvalue weighted by atomic mass is 10.0. The number of alkyl carbamates (subject to hydrolysis) is 2. The van der Waals surface area contributed by atoms with Crippen molar-refractivity contribution in [3.05, 3.63) is 90.5 Å². The third kappa shape index (κ3) is 15.1.